The van der Waals surface area contributed by atoms with E-state index < -0.39 is 11.9 Å². The monoisotopic (exact) mass is 489 g/mol. The predicted octanol–water partition coefficient (Wildman–Crippen LogP) is 5.96. The van der Waals surface area contributed by atoms with E-state index in [4.69, 9.17) is 33.7 Å². The highest BCUT2D eigenvalue weighted by atomic mass is 35.5. The number of anilines is 1. The molecule has 5 rings (SSSR count). The van der Waals surface area contributed by atoms with Crippen LogP contribution in [0, 0.1) is 5.82 Å². The molecule has 2 unspecified atom stereocenters. The Hall–Kier alpha value is -2.35. The van der Waals surface area contributed by atoms with Crippen LogP contribution >= 0.6 is 23.2 Å². The number of nitrogens with one attached hydrogen (secondary N) is 1. The highest BCUT2D eigenvalue weighted by Crippen LogP contribution is 2.42. The van der Waals surface area contributed by atoms with E-state index in [0.717, 1.165) is 30.5 Å². The number of hydrogen-bond donors (Lipinski definition) is 2. The molecule has 2 aromatic heterocycles. The predicted molar refractivity (Wildman–Crippen MR) is 128 cm³/mol. The molecule has 1 aliphatic heterocycles. The standard InChI is InChI=1S/C24H26Cl2FN5O/c1-14(21-18(25)3-4-19(27)22(21)26)33-20-9-15(11-29-23(20)28)16-12-31-32(13-16)17-5-8-30-24(10-17)6-2-7-24/h3-4,9,11-14,17,30H,2,5-8,10H2,1H3,(H2,28,29). The molecule has 33 heavy (non-hydrogen) atoms. The lowest BCUT2D eigenvalue weighted by molar-refractivity contribution is 0.105. The smallest absolute Gasteiger partial charge is 0.166 e. The van der Waals surface area contributed by atoms with Crippen molar-refractivity contribution < 1.29 is 9.13 Å². The Bertz CT molecular complexity index is 1180. The lowest BCUT2D eigenvalue weighted by Gasteiger charge is -2.48. The molecular formula is C24H26Cl2FN5O. The maximum atomic E-state index is 14.0. The maximum Gasteiger partial charge on any atom is 0.166 e. The molecule has 2 atom stereocenters. The fourth-order valence-electron chi connectivity index (χ4n) is 4.90. The molecule has 1 saturated carbocycles. The van der Waals surface area contributed by atoms with Crippen LogP contribution in [-0.4, -0.2) is 26.8 Å². The number of rotatable bonds is 5. The summed E-state index contributed by atoms with van der Waals surface area (Å²) in [4.78, 5) is 4.30. The largest absolute Gasteiger partial charge is 0.482 e. The fourth-order valence-corrected chi connectivity index (χ4v) is 5.58. The molecule has 1 aromatic carbocycles. The molecule has 0 amide bonds. The molecule has 3 aromatic rings. The van der Waals surface area contributed by atoms with Crippen LogP contribution in [0.1, 0.15) is 56.7 Å². The molecule has 1 aliphatic carbocycles. The van der Waals surface area contributed by atoms with Crippen molar-refractivity contribution in [1.82, 2.24) is 20.1 Å². The number of nitrogens with zero attached hydrogens (tertiary/aromatic N) is 3. The maximum absolute atomic E-state index is 14.0. The summed E-state index contributed by atoms with van der Waals surface area (Å²) in [5.41, 5.74) is 8.51. The minimum absolute atomic E-state index is 0.0647. The molecule has 3 N–H and O–H groups in total. The third-order valence-corrected chi connectivity index (χ3v) is 7.61. The summed E-state index contributed by atoms with van der Waals surface area (Å²) < 4.78 is 22.1. The van der Waals surface area contributed by atoms with Gasteiger partial charge in [-0.1, -0.05) is 23.2 Å². The Morgan fingerprint density at radius 3 is 2.85 bits per heavy atom. The van der Waals surface area contributed by atoms with E-state index in [1.807, 2.05) is 12.3 Å². The Kier molecular flexibility index (Phi) is 5.97. The summed E-state index contributed by atoms with van der Waals surface area (Å²) in [5.74, 6) is 0.0479. The molecule has 9 heteroatoms. The van der Waals surface area contributed by atoms with Gasteiger partial charge in [-0.25, -0.2) is 9.37 Å². The zero-order valence-electron chi connectivity index (χ0n) is 18.3. The quantitative estimate of drug-likeness (QED) is 0.432. The molecule has 2 aliphatic rings. The fraction of sp³-hybridized carbons (Fsp3) is 0.417. The zero-order valence-corrected chi connectivity index (χ0v) is 19.8. The van der Waals surface area contributed by atoms with Gasteiger partial charge in [0.2, 0.25) is 0 Å². The summed E-state index contributed by atoms with van der Waals surface area (Å²) in [6.07, 6.45) is 10.9. The van der Waals surface area contributed by atoms with Crippen molar-refractivity contribution in [3.8, 4) is 16.9 Å². The van der Waals surface area contributed by atoms with E-state index in [1.165, 1.54) is 31.4 Å². The molecule has 1 saturated heterocycles. The Balaban J connectivity index is 1.37. The highest BCUT2D eigenvalue weighted by Gasteiger charge is 2.41. The van der Waals surface area contributed by atoms with Gasteiger partial charge in [0.1, 0.15) is 11.9 Å². The van der Waals surface area contributed by atoms with Crippen LogP contribution in [0.4, 0.5) is 10.2 Å². The van der Waals surface area contributed by atoms with Gasteiger partial charge in [-0.3, -0.25) is 4.68 Å². The van der Waals surface area contributed by atoms with Crippen LogP contribution in [0.25, 0.3) is 11.1 Å². The molecule has 2 fully saturated rings. The normalized spacial score (nSPS) is 20.4. The number of halogens is 3. The molecule has 3 heterocycles. The average Bonchev–Trinajstić information content (AvgIpc) is 3.27. The third kappa shape index (κ3) is 4.29. The van der Waals surface area contributed by atoms with Gasteiger partial charge in [-0.15, -0.1) is 0 Å². The van der Waals surface area contributed by atoms with Gasteiger partial charge in [0.05, 0.1) is 17.3 Å². The van der Waals surface area contributed by atoms with E-state index in [-0.39, 0.29) is 10.8 Å². The van der Waals surface area contributed by atoms with Gasteiger partial charge < -0.3 is 15.8 Å². The van der Waals surface area contributed by atoms with Crippen molar-refractivity contribution in [2.24, 2.45) is 0 Å². The van der Waals surface area contributed by atoms with Crippen LogP contribution in [-0.2, 0) is 0 Å². The first-order valence-electron chi connectivity index (χ1n) is 11.2. The summed E-state index contributed by atoms with van der Waals surface area (Å²) in [6.45, 7) is 2.76. The number of nitrogens with two attached hydrogens (primary N) is 1. The van der Waals surface area contributed by atoms with Crippen molar-refractivity contribution in [3.05, 3.63) is 58.2 Å². The minimum Gasteiger partial charge on any atom is -0.482 e. The second kappa shape index (κ2) is 8.78. The highest BCUT2D eigenvalue weighted by molar-refractivity contribution is 6.36. The number of nitrogen functional groups attached to an aromatic ring is 1. The van der Waals surface area contributed by atoms with Crippen LogP contribution in [0.5, 0.6) is 5.75 Å². The number of pyridine rings is 1. The first-order chi connectivity index (χ1) is 15.8. The molecular weight excluding hydrogens is 464 g/mol. The van der Waals surface area contributed by atoms with Crippen LogP contribution in [0.3, 0.4) is 0 Å². The number of ether oxygens (including phenoxy) is 1. The van der Waals surface area contributed by atoms with E-state index in [1.54, 1.807) is 13.1 Å². The second-order valence-corrected chi connectivity index (χ2v) is 9.83. The Labute approximate surface area is 202 Å². The Morgan fingerprint density at radius 1 is 1.27 bits per heavy atom. The van der Waals surface area contributed by atoms with Gasteiger partial charge in [-0.2, -0.15) is 5.10 Å². The summed E-state index contributed by atoms with van der Waals surface area (Å²) in [7, 11) is 0. The first kappa shape index (κ1) is 22.4. The Morgan fingerprint density at radius 2 is 2.09 bits per heavy atom. The number of aromatic nitrogens is 3. The lowest BCUT2D eigenvalue weighted by Crippen LogP contribution is -2.55. The van der Waals surface area contributed by atoms with Crippen LogP contribution in [0.2, 0.25) is 10.0 Å². The first-order valence-corrected chi connectivity index (χ1v) is 12.0. The SMILES string of the molecule is CC(Oc1cc(-c2cnn(C3CCNC4(CCC4)C3)c2)cnc1N)c1c(Cl)ccc(F)c1Cl. The molecule has 174 valence electrons. The molecule has 0 bridgehead atoms. The van der Waals surface area contributed by atoms with Gasteiger partial charge in [0, 0.05) is 39.6 Å². The van der Waals surface area contributed by atoms with E-state index in [2.05, 4.69) is 26.3 Å². The minimum atomic E-state index is -0.629. The molecule has 0 radical (unpaired) electrons. The van der Waals surface area contributed by atoms with Crippen molar-refractivity contribution in [2.45, 2.75) is 56.7 Å². The summed E-state index contributed by atoms with van der Waals surface area (Å²) in [6, 6.07) is 4.88. The van der Waals surface area contributed by atoms with E-state index >= 15 is 0 Å². The van der Waals surface area contributed by atoms with Crippen molar-refractivity contribution >= 4 is 29.0 Å². The number of piperidine rings is 1. The summed E-state index contributed by atoms with van der Waals surface area (Å²) in [5, 5.41) is 8.61. The van der Waals surface area contributed by atoms with E-state index in [9.17, 15) is 4.39 Å². The number of benzene rings is 1. The third-order valence-electron chi connectivity index (χ3n) is 6.90. The molecule has 1 spiro atoms. The number of hydrogen-bond acceptors (Lipinski definition) is 5. The second-order valence-electron chi connectivity index (χ2n) is 9.04. The van der Waals surface area contributed by atoms with Crippen LogP contribution < -0.4 is 15.8 Å². The average molecular weight is 490 g/mol. The van der Waals surface area contributed by atoms with Gasteiger partial charge in [-0.05, 0) is 63.8 Å². The van der Waals surface area contributed by atoms with Crippen LogP contribution in [0.15, 0.2) is 36.8 Å². The molecule has 6 nitrogen and oxygen atoms in total. The lowest BCUT2D eigenvalue weighted by atomic mass is 9.70. The van der Waals surface area contributed by atoms with E-state index in [0.29, 0.717) is 27.9 Å². The van der Waals surface area contributed by atoms with Gasteiger partial charge in [0.25, 0.3) is 0 Å². The van der Waals surface area contributed by atoms with Crippen molar-refractivity contribution in [2.75, 3.05) is 12.3 Å². The van der Waals surface area contributed by atoms with Crippen molar-refractivity contribution in [1.29, 1.82) is 0 Å². The van der Waals surface area contributed by atoms with Gasteiger partial charge in [0.15, 0.2) is 11.6 Å². The van der Waals surface area contributed by atoms with Crippen molar-refractivity contribution in [3.63, 3.8) is 0 Å². The topological polar surface area (TPSA) is 78.0 Å². The zero-order chi connectivity index (χ0) is 23.2. The van der Waals surface area contributed by atoms with Gasteiger partial charge >= 0.3 is 0 Å². The summed E-state index contributed by atoms with van der Waals surface area (Å²) >= 11 is 12.4.